The highest BCUT2D eigenvalue weighted by atomic mass is 35.5. The number of rotatable bonds is 4. The van der Waals surface area contributed by atoms with Crippen molar-refractivity contribution in [2.75, 3.05) is 6.54 Å². The standard InChI is InChI=1S/C11H14ClN3S2/c1-4-13-7(3)10-14-15-11(17-10)9-8(12)6(2)5-16-9/h5,7,13H,4H2,1-3H3. The van der Waals surface area contributed by atoms with Gasteiger partial charge in [-0.25, -0.2) is 0 Å². The van der Waals surface area contributed by atoms with Gasteiger partial charge in [-0.2, -0.15) is 0 Å². The zero-order valence-corrected chi connectivity index (χ0v) is 12.3. The summed E-state index contributed by atoms with van der Waals surface area (Å²) in [7, 11) is 0. The third-order valence-corrected chi connectivity index (χ3v) is 5.37. The lowest BCUT2D eigenvalue weighted by Gasteiger charge is -2.06. The van der Waals surface area contributed by atoms with Gasteiger partial charge in [0.25, 0.3) is 0 Å². The molecule has 3 nitrogen and oxygen atoms in total. The molecule has 0 amide bonds. The van der Waals surface area contributed by atoms with Crippen LogP contribution in [0.2, 0.25) is 5.02 Å². The molecular formula is C11H14ClN3S2. The van der Waals surface area contributed by atoms with Gasteiger partial charge in [0.15, 0.2) is 5.01 Å². The van der Waals surface area contributed by atoms with E-state index in [1.54, 1.807) is 22.7 Å². The molecular weight excluding hydrogens is 274 g/mol. The van der Waals surface area contributed by atoms with E-state index >= 15 is 0 Å². The van der Waals surface area contributed by atoms with E-state index < -0.39 is 0 Å². The molecule has 0 aliphatic rings. The SMILES string of the molecule is CCNC(C)c1nnc(-c2scc(C)c2Cl)s1. The van der Waals surface area contributed by atoms with Crippen LogP contribution in [-0.4, -0.2) is 16.7 Å². The number of halogens is 1. The first-order chi connectivity index (χ1) is 8.13. The Kier molecular flexibility index (Phi) is 4.14. The van der Waals surface area contributed by atoms with E-state index in [2.05, 4.69) is 29.4 Å². The Bertz CT molecular complexity index is 507. The van der Waals surface area contributed by atoms with Gasteiger partial charge in [0.05, 0.1) is 15.9 Å². The van der Waals surface area contributed by atoms with Crippen LogP contribution in [0.1, 0.15) is 30.5 Å². The Morgan fingerprint density at radius 2 is 2.24 bits per heavy atom. The molecule has 6 heteroatoms. The minimum atomic E-state index is 0.242. The Labute approximate surface area is 114 Å². The first kappa shape index (κ1) is 13.0. The van der Waals surface area contributed by atoms with Crippen molar-refractivity contribution in [2.24, 2.45) is 0 Å². The second-order valence-corrected chi connectivity index (χ2v) is 6.05. The maximum Gasteiger partial charge on any atom is 0.159 e. The fourth-order valence-electron chi connectivity index (χ4n) is 1.47. The molecule has 0 aliphatic heterocycles. The van der Waals surface area contributed by atoms with Crippen LogP contribution >= 0.6 is 34.3 Å². The molecule has 0 aromatic carbocycles. The van der Waals surface area contributed by atoms with E-state index in [1.807, 2.05) is 12.3 Å². The van der Waals surface area contributed by atoms with Crippen molar-refractivity contribution in [1.82, 2.24) is 15.5 Å². The fraction of sp³-hybridized carbons (Fsp3) is 0.455. The summed E-state index contributed by atoms with van der Waals surface area (Å²) in [5.74, 6) is 0. The van der Waals surface area contributed by atoms with E-state index in [1.165, 1.54) is 0 Å². The zero-order chi connectivity index (χ0) is 12.4. The van der Waals surface area contributed by atoms with Crippen LogP contribution in [0, 0.1) is 6.92 Å². The molecule has 0 spiro atoms. The predicted octanol–water partition coefficient (Wildman–Crippen LogP) is 3.90. The van der Waals surface area contributed by atoms with Gasteiger partial charge < -0.3 is 5.32 Å². The number of hydrogen-bond acceptors (Lipinski definition) is 5. The van der Waals surface area contributed by atoms with Crippen molar-refractivity contribution < 1.29 is 0 Å². The summed E-state index contributed by atoms with van der Waals surface area (Å²) < 4.78 is 0. The molecule has 1 N–H and O–H groups in total. The van der Waals surface area contributed by atoms with Crippen molar-refractivity contribution in [3.05, 3.63) is 21.0 Å². The summed E-state index contributed by atoms with van der Waals surface area (Å²) in [4.78, 5) is 1.02. The molecule has 0 saturated carbocycles. The van der Waals surface area contributed by atoms with E-state index in [-0.39, 0.29) is 6.04 Å². The van der Waals surface area contributed by atoms with Gasteiger partial charge in [-0.15, -0.1) is 21.5 Å². The van der Waals surface area contributed by atoms with Crippen molar-refractivity contribution in [1.29, 1.82) is 0 Å². The van der Waals surface area contributed by atoms with E-state index in [0.717, 1.165) is 32.0 Å². The van der Waals surface area contributed by atoms with Crippen molar-refractivity contribution in [2.45, 2.75) is 26.8 Å². The maximum absolute atomic E-state index is 6.23. The smallest absolute Gasteiger partial charge is 0.159 e. The first-order valence-electron chi connectivity index (χ1n) is 5.44. The topological polar surface area (TPSA) is 37.8 Å². The van der Waals surface area contributed by atoms with Gasteiger partial charge >= 0.3 is 0 Å². The minimum Gasteiger partial charge on any atom is -0.308 e. The van der Waals surface area contributed by atoms with Crippen LogP contribution in [0.15, 0.2) is 5.38 Å². The zero-order valence-electron chi connectivity index (χ0n) is 9.95. The number of thiophene rings is 1. The van der Waals surface area contributed by atoms with E-state index in [9.17, 15) is 0 Å². The molecule has 0 bridgehead atoms. The summed E-state index contributed by atoms with van der Waals surface area (Å²) >= 11 is 9.45. The second-order valence-electron chi connectivity index (χ2n) is 3.79. The van der Waals surface area contributed by atoms with E-state index in [4.69, 9.17) is 11.6 Å². The van der Waals surface area contributed by atoms with Crippen LogP contribution in [0.5, 0.6) is 0 Å². The number of nitrogens with one attached hydrogen (secondary N) is 1. The lowest BCUT2D eigenvalue weighted by molar-refractivity contribution is 0.590. The third kappa shape index (κ3) is 2.68. The average Bonchev–Trinajstić information content (AvgIpc) is 2.88. The largest absolute Gasteiger partial charge is 0.308 e. The van der Waals surface area contributed by atoms with Crippen molar-refractivity contribution in [3.63, 3.8) is 0 Å². The summed E-state index contributed by atoms with van der Waals surface area (Å²) in [6, 6.07) is 0.242. The highest BCUT2D eigenvalue weighted by Crippen LogP contribution is 2.38. The monoisotopic (exact) mass is 287 g/mol. The highest BCUT2D eigenvalue weighted by Gasteiger charge is 2.16. The lowest BCUT2D eigenvalue weighted by Crippen LogP contribution is -2.17. The number of hydrogen-bond donors (Lipinski definition) is 1. The first-order valence-corrected chi connectivity index (χ1v) is 7.51. The second kappa shape index (κ2) is 5.44. The van der Waals surface area contributed by atoms with Gasteiger partial charge in [0.2, 0.25) is 0 Å². The van der Waals surface area contributed by atoms with Crippen molar-refractivity contribution in [3.8, 4) is 9.88 Å². The molecule has 2 aromatic heterocycles. The minimum absolute atomic E-state index is 0.242. The molecule has 17 heavy (non-hydrogen) atoms. The van der Waals surface area contributed by atoms with Crippen molar-refractivity contribution >= 4 is 34.3 Å². The molecule has 0 saturated heterocycles. The molecule has 0 aliphatic carbocycles. The molecule has 2 heterocycles. The number of aromatic nitrogens is 2. The fourth-order valence-corrected chi connectivity index (χ4v) is 3.77. The molecule has 0 radical (unpaired) electrons. The van der Waals surface area contributed by atoms with Gasteiger partial charge in [0, 0.05) is 0 Å². The Balaban J connectivity index is 2.27. The third-order valence-electron chi connectivity index (χ3n) is 2.41. The Hall–Kier alpha value is -0.490. The maximum atomic E-state index is 6.23. The average molecular weight is 288 g/mol. The Morgan fingerprint density at radius 3 is 2.82 bits per heavy atom. The normalized spacial score (nSPS) is 12.9. The summed E-state index contributed by atoms with van der Waals surface area (Å²) in [5, 5.41) is 16.5. The van der Waals surface area contributed by atoms with Crippen LogP contribution in [0.3, 0.4) is 0 Å². The summed E-state index contributed by atoms with van der Waals surface area (Å²) in [6.07, 6.45) is 0. The lowest BCUT2D eigenvalue weighted by atomic mass is 10.3. The van der Waals surface area contributed by atoms with Crippen LogP contribution in [-0.2, 0) is 0 Å². The van der Waals surface area contributed by atoms with Crippen LogP contribution in [0.4, 0.5) is 0 Å². The van der Waals surface area contributed by atoms with E-state index in [0.29, 0.717) is 0 Å². The number of nitrogens with zero attached hydrogens (tertiary/aromatic N) is 2. The predicted molar refractivity (Wildman–Crippen MR) is 75.1 cm³/mol. The summed E-state index contributed by atoms with van der Waals surface area (Å²) in [5.41, 5.74) is 1.10. The van der Waals surface area contributed by atoms with Gasteiger partial charge in [-0.3, -0.25) is 0 Å². The summed E-state index contributed by atoms with van der Waals surface area (Å²) in [6.45, 7) is 7.10. The number of aryl methyl sites for hydroxylation is 1. The Morgan fingerprint density at radius 1 is 1.47 bits per heavy atom. The molecule has 92 valence electrons. The van der Waals surface area contributed by atoms with Crippen LogP contribution in [0.25, 0.3) is 9.88 Å². The molecule has 1 unspecified atom stereocenters. The molecule has 2 rings (SSSR count). The van der Waals surface area contributed by atoms with Gasteiger partial charge in [-0.05, 0) is 31.3 Å². The molecule has 0 fully saturated rings. The van der Waals surface area contributed by atoms with Gasteiger partial charge in [0.1, 0.15) is 5.01 Å². The molecule has 2 aromatic rings. The van der Waals surface area contributed by atoms with Crippen LogP contribution < -0.4 is 5.32 Å². The quantitative estimate of drug-likeness (QED) is 0.927. The van der Waals surface area contributed by atoms with Gasteiger partial charge in [-0.1, -0.05) is 29.9 Å². The molecule has 1 atom stereocenters. The highest BCUT2D eigenvalue weighted by molar-refractivity contribution is 7.21.